The van der Waals surface area contributed by atoms with E-state index >= 15 is 0 Å². The van der Waals surface area contributed by atoms with Crippen LogP contribution in [0.3, 0.4) is 0 Å². The average Bonchev–Trinajstić information content (AvgIpc) is 4.02. The van der Waals surface area contributed by atoms with Crippen molar-refractivity contribution in [1.29, 1.82) is 0 Å². The van der Waals surface area contributed by atoms with Crippen molar-refractivity contribution in [3.8, 4) is 0 Å². The first-order chi connectivity index (χ1) is 33.2. The summed E-state index contributed by atoms with van der Waals surface area (Å²) in [6.45, 7) is 19.8. The Kier molecular flexibility index (Phi) is 15.9. The molecule has 19 nitrogen and oxygen atoms in total. The molecule has 0 radical (unpaired) electrons. The summed E-state index contributed by atoms with van der Waals surface area (Å²) in [5.41, 5.74) is 5.00. The van der Waals surface area contributed by atoms with Gasteiger partial charge in [0.25, 0.3) is 11.8 Å². The van der Waals surface area contributed by atoms with Gasteiger partial charge in [-0.05, 0) is 61.6 Å². The van der Waals surface area contributed by atoms with Crippen molar-refractivity contribution in [3.63, 3.8) is 0 Å². The second-order valence-electron chi connectivity index (χ2n) is 18.4. The Morgan fingerprint density at radius 3 is 2.39 bits per heavy atom. The highest BCUT2D eigenvalue weighted by molar-refractivity contribution is 8.76. The molecule has 2 saturated heterocycles. The second-order valence-corrected chi connectivity index (χ2v) is 21.1. The first-order valence-electron chi connectivity index (χ1n) is 23.2. The Hall–Kier alpha value is -5.13. The fourth-order valence-corrected chi connectivity index (χ4v) is 11.5. The molecule has 4 aliphatic rings. The molecule has 1 saturated carbocycles. The van der Waals surface area contributed by atoms with Crippen LogP contribution in [0.4, 0.5) is 10.5 Å². The summed E-state index contributed by atoms with van der Waals surface area (Å²) in [5, 5.41) is 57.9. The van der Waals surface area contributed by atoms with Gasteiger partial charge in [-0.1, -0.05) is 81.5 Å². The molecule has 69 heavy (non-hydrogen) atoms. The summed E-state index contributed by atoms with van der Waals surface area (Å²) in [6, 6.07) is 9.23. The maximum atomic E-state index is 14.0. The van der Waals surface area contributed by atoms with E-state index in [-0.39, 0.29) is 43.1 Å². The van der Waals surface area contributed by atoms with Crippen LogP contribution in [0.15, 0.2) is 79.7 Å². The minimum Gasteiger partial charge on any atom is -0.449 e. The van der Waals surface area contributed by atoms with E-state index in [1.807, 2.05) is 18.2 Å². The molecule has 0 spiro atoms. The molecule has 8 rings (SSSR count). The molecular weight excluding hydrogens is 927 g/mol. The van der Waals surface area contributed by atoms with E-state index in [1.54, 1.807) is 49.5 Å². The number of benzene rings is 2. The number of carbonyl (C=O) groups is 3. The zero-order valence-electron chi connectivity index (χ0n) is 39.0. The predicted octanol–water partition coefficient (Wildman–Crippen LogP) is 4.39. The molecule has 4 N–H and O–H groups in total. The number of aliphatic hydroxyl groups excluding tert-OH is 4. The zero-order valence-corrected chi connectivity index (χ0v) is 40.6. The van der Waals surface area contributed by atoms with Crippen molar-refractivity contribution in [2.24, 2.45) is 17.3 Å². The number of hydrogen-bond acceptors (Lipinski definition) is 17. The lowest BCUT2D eigenvalue weighted by Crippen LogP contribution is -2.56. The maximum Gasteiger partial charge on any atom is 0.409 e. The van der Waals surface area contributed by atoms with Gasteiger partial charge in [0.1, 0.15) is 42.4 Å². The Morgan fingerprint density at radius 2 is 1.67 bits per heavy atom. The minimum atomic E-state index is -1.52. The van der Waals surface area contributed by atoms with E-state index in [1.165, 1.54) is 15.8 Å². The Bertz CT molecular complexity index is 2520. The molecule has 2 aromatic carbocycles. The topological polar surface area (TPSA) is 231 Å². The SMILES string of the molecule is C=C[C@]1(C)CC[C@@H](C(=C)Cn2cc(CN3C(=O)c4cccc5c(N6CCN(C(=O)OCCSSCCOCc7cn([C@@H]8O[C@H](CO)[C@H](O)[C@H](O)[C@H]8O)nn7)CC6)ccc(c45)C3=O)nn2)C[C@H]1C(=C)C. The standard InChI is InChI=1S/C48H61N9O10S2/c1-6-48(5)13-12-31(22-37(48)29(2)3)30(4)23-55-24-32(49-51-55)25-56-44(62)35-9-7-8-34-38(11-10-36(40(34)35)45(56)63)53-14-16-54(17-15-53)47(64)66-19-21-69-68-20-18-65-28-33-26-57(52-50-33)46-43(61)42(60)41(59)39(27-58)67-46/h6-11,24,26,31,37,39,41-43,46,58-61H,1-2,4,12-23,25,27-28H2,3,5H3/t31-,37+,39-,41+,42+,43-,46-,48-/m1/s1. The molecule has 4 aromatic rings. The summed E-state index contributed by atoms with van der Waals surface area (Å²) in [4.78, 5) is 46.1. The molecule has 3 amide bonds. The monoisotopic (exact) mass is 987 g/mol. The molecule has 0 unspecified atom stereocenters. The number of ether oxygens (including phenoxy) is 3. The van der Waals surface area contributed by atoms with Gasteiger partial charge in [-0.15, -0.1) is 16.8 Å². The Balaban J connectivity index is 0.755. The molecule has 3 aliphatic heterocycles. The lowest BCUT2D eigenvalue weighted by Gasteiger charge is -2.43. The van der Waals surface area contributed by atoms with E-state index < -0.39 is 37.3 Å². The first-order valence-corrected chi connectivity index (χ1v) is 25.7. The van der Waals surface area contributed by atoms with Gasteiger partial charge in [0.2, 0.25) is 0 Å². The molecular formula is C48H61N9O10S2. The molecule has 1 aliphatic carbocycles. The zero-order chi connectivity index (χ0) is 49.0. The van der Waals surface area contributed by atoms with Gasteiger partial charge in [-0.2, -0.15) is 0 Å². The van der Waals surface area contributed by atoms with Crippen molar-refractivity contribution in [2.75, 3.05) is 62.4 Å². The number of piperazine rings is 1. The smallest absolute Gasteiger partial charge is 0.409 e. The third-order valence-electron chi connectivity index (χ3n) is 13.8. The van der Waals surface area contributed by atoms with Crippen molar-refractivity contribution >= 4 is 56.0 Å². The van der Waals surface area contributed by atoms with Crippen molar-refractivity contribution in [1.82, 2.24) is 39.8 Å². The summed E-state index contributed by atoms with van der Waals surface area (Å²) in [5.74, 6) is 1.11. The highest BCUT2D eigenvalue weighted by atomic mass is 33.1. The van der Waals surface area contributed by atoms with Crippen LogP contribution in [0.2, 0.25) is 0 Å². The van der Waals surface area contributed by atoms with Crippen molar-refractivity contribution in [2.45, 2.75) is 83.5 Å². The number of imide groups is 1. The van der Waals surface area contributed by atoms with Crippen molar-refractivity contribution < 1.29 is 49.0 Å². The highest BCUT2D eigenvalue weighted by Gasteiger charge is 2.45. The molecule has 8 atom stereocenters. The Morgan fingerprint density at radius 1 is 0.942 bits per heavy atom. The lowest BCUT2D eigenvalue weighted by molar-refractivity contribution is -0.254. The first kappa shape index (κ1) is 50.3. The fraction of sp³-hybridized carbons (Fsp3) is 0.521. The maximum absolute atomic E-state index is 14.0. The Labute approximate surface area is 408 Å². The van der Waals surface area contributed by atoms with Crippen LogP contribution in [0.5, 0.6) is 0 Å². The van der Waals surface area contributed by atoms with Crippen molar-refractivity contribution in [3.05, 3.63) is 102 Å². The molecule has 370 valence electrons. The minimum absolute atomic E-state index is 0.0130. The van der Waals surface area contributed by atoms with E-state index in [9.17, 15) is 34.8 Å². The lowest BCUT2D eigenvalue weighted by atomic mass is 9.61. The number of carbonyl (C=O) groups excluding carboxylic acids is 3. The van der Waals surface area contributed by atoms with Gasteiger partial charge in [0.05, 0.1) is 45.3 Å². The van der Waals surface area contributed by atoms with Gasteiger partial charge in [0, 0.05) is 65.3 Å². The molecule has 2 aromatic heterocycles. The number of hydrogen-bond donors (Lipinski definition) is 4. The summed E-state index contributed by atoms with van der Waals surface area (Å²) >= 11 is 0. The van der Waals surface area contributed by atoms with Crippen LogP contribution in [0.25, 0.3) is 10.8 Å². The molecule has 21 heteroatoms. The number of allylic oxidation sites excluding steroid dienone is 3. The molecule has 0 bridgehead atoms. The average molecular weight is 988 g/mol. The largest absolute Gasteiger partial charge is 0.449 e. The quantitative estimate of drug-likeness (QED) is 0.0442. The van der Waals surface area contributed by atoms with E-state index in [2.05, 4.69) is 65.2 Å². The van der Waals surface area contributed by atoms with Gasteiger partial charge in [0.15, 0.2) is 6.23 Å². The fourth-order valence-electron chi connectivity index (χ4n) is 9.82. The summed E-state index contributed by atoms with van der Waals surface area (Å²) in [6.07, 6.45) is 1.30. The van der Waals surface area contributed by atoms with E-state index in [0.717, 1.165) is 41.5 Å². The van der Waals surface area contributed by atoms with Crippen LogP contribution >= 0.6 is 21.6 Å². The van der Waals surface area contributed by atoms with Gasteiger partial charge < -0.3 is 44.4 Å². The summed E-state index contributed by atoms with van der Waals surface area (Å²) in [7, 11) is 3.13. The molecule has 5 heterocycles. The van der Waals surface area contributed by atoms with Gasteiger partial charge in [-0.25, -0.2) is 14.2 Å². The number of amides is 3. The van der Waals surface area contributed by atoms with Gasteiger partial charge in [-0.3, -0.25) is 14.5 Å². The number of aromatic nitrogens is 6. The van der Waals surface area contributed by atoms with Gasteiger partial charge >= 0.3 is 6.09 Å². The molecule has 3 fully saturated rings. The third-order valence-corrected chi connectivity index (χ3v) is 16.2. The number of nitrogens with zero attached hydrogens (tertiary/aromatic N) is 9. The van der Waals surface area contributed by atoms with Crippen LogP contribution in [0, 0.1) is 17.3 Å². The number of rotatable bonds is 19. The predicted molar refractivity (Wildman–Crippen MR) is 260 cm³/mol. The highest BCUT2D eigenvalue weighted by Crippen LogP contribution is 2.49. The number of anilines is 1. The van der Waals surface area contributed by atoms with Crippen LogP contribution in [-0.2, 0) is 33.9 Å². The third kappa shape index (κ3) is 10.8. The summed E-state index contributed by atoms with van der Waals surface area (Å²) < 4.78 is 19.7. The second kappa shape index (κ2) is 21.9. The van der Waals surface area contributed by atoms with Crippen LogP contribution < -0.4 is 4.90 Å². The van der Waals surface area contributed by atoms with E-state index in [4.69, 9.17) is 14.2 Å². The normalized spacial score (nSPS) is 26.1. The van der Waals surface area contributed by atoms with Crippen LogP contribution in [-0.4, -0.2) is 160 Å². The number of aliphatic hydroxyl groups is 4. The van der Waals surface area contributed by atoms with E-state index in [0.29, 0.717) is 90.6 Å². The van der Waals surface area contributed by atoms with Crippen LogP contribution in [0.1, 0.15) is 71.4 Å².